The van der Waals surface area contributed by atoms with Crippen LogP contribution in [-0.2, 0) is 12.8 Å². The molecule has 0 fully saturated rings. The van der Waals surface area contributed by atoms with Crippen molar-refractivity contribution < 1.29 is 9.59 Å². The number of nitrogens with zero attached hydrogens (tertiary/aromatic N) is 3. The minimum absolute atomic E-state index is 0.340. The molecule has 0 aliphatic carbocycles. The van der Waals surface area contributed by atoms with Crippen LogP contribution in [0.15, 0.2) is 65.4 Å². The van der Waals surface area contributed by atoms with Crippen molar-refractivity contribution >= 4 is 45.0 Å². The SMILES string of the molecule is Cn1cnnc1SCc1ccc(C(=O)NNC(=O)c2csc3ccccc23)cc1. The normalized spacial score (nSPS) is 10.8. The molecule has 0 saturated carbocycles. The van der Waals surface area contributed by atoms with Crippen molar-refractivity contribution in [1.29, 1.82) is 0 Å². The van der Waals surface area contributed by atoms with E-state index < -0.39 is 0 Å². The van der Waals surface area contributed by atoms with Crippen LogP contribution in [0.3, 0.4) is 0 Å². The second kappa shape index (κ2) is 8.46. The minimum Gasteiger partial charge on any atom is -0.312 e. The van der Waals surface area contributed by atoms with Crippen molar-refractivity contribution in [3.63, 3.8) is 0 Å². The lowest BCUT2D eigenvalue weighted by molar-refractivity contribution is 0.0848. The molecule has 4 rings (SSSR count). The van der Waals surface area contributed by atoms with E-state index in [4.69, 9.17) is 0 Å². The monoisotopic (exact) mass is 423 g/mol. The van der Waals surface area contributed by atoms with Crippen LogP contribution in [0, 0.1) is 0 Å². The van der Waals surface area contributed by atoms with E-state index in [2.05, 4.69) is 21.0 Å². The number of aromatic nitrogens is 3. The molecule has 0 aliphatic rings. The van der Waals surface area contributed by atoms with Crippen molar-refractivity contribution in [3.8, 4) is 0 Å². The molecule has 7 nitrogen and oxygen atoms in total. The molecule has 2 aromatic carbocycles. The number of hydrogen-bond acceptors (Lipinski definition) is 6. The van der Waals surface area contributed by atoms with Gasteiger partial charge in [0.1, 0.15) is 6.33 Å². The molecule has 146 valence electrons. The van der Waals surface area contributed by atoms with E-state index in [1.54, 1.807) is 35.6 Å². The van der Waals surface area contributed by atoms with E-state index in [-0.39, 0.29) is 11.8 Å². The quantitative estimate of drug-likeness (QED) is 0.379. The Bertz CT molecular complexity index is 1170. The second-order valence-electron chi connectivity index (χ2n) is 6.26. The maximum Gasteiger partial charge on any atom is 0.271 e. The van der Waals surface area contributed by atoms with Gasteiger partial charge in [0.2, 0.25) is 0 Å². The van der Waals surface area contributed by atoms with E-state index in [0.717, 1.165) is 26.6 Å². The number of fused-ring (bicyclic) bond motifs is 1. The zero-order valence-electron chi connectivity index (χ0n) is 15.5. The Balaban J connectivity index is 1.33. The molecule has 0 atom stereocenters. The Morgan fingerprint density at radius 1 is 1.07 bits per heavy atom. The van der Waals surface area contributed by atoms with Gasteiger partial charge in [-0.15, -0.1) is 21.5 Å². The third-order valence-corrected chi connectivity index (χ3v) is 6.34. The largest absolute Gasteiger partial charge is 0.312 e. The number of thiophene rings is 1. The van der Waals surface area contributed by atoms with Crippen molar-refractivity contribution in [1.82, 2.24) is 25.6 Å². The summed E-state index contributed by atoms with van der Waals surface area (Å²) in [5.41, 5.74) is 7.03. The number of nitrogens with one attached hydrogen (secondary N) is 2. The summed E-state index contributed by atoms with van der Waals surface area (Å²) in [5.74, 6) is 0.00836. The maximum absolute atomic E-state index is 12.4. The van der Waals surface area contributed by atoms with Crippen molar-refractivity contribution in [2.24, 2.45) is 7.05 Å². The number of thioether (sulfide) groups is 1. The number of rotatable bonds is 5. The van der Waals surface area contributed by atoms with Gasteiger partial charge in [-0.05, 0) is 23.8 Å². The summed E-state index contributed by atoms with van der Waals surface area (Å²) in [5, 5.41) is 11.4. The van der Waals surface area contributed by atoms with E-state index in [1.807, 2.05) is 48.0 Å². The number of benzene rings is 2. The van der Waals surface area contributed by atoms with Crippen LogP contribution in [-0.4, -0.2) is 26.6 Å². The van der Waals surface area contributed by atoms with Crippen LogP contribution < -0.4 is 10.9 Å². The molecule has 4 aromatic rings. The minimum atomic E-state index is -0.370. The Kier molecular flexibility index (Phi) is 5.59. The summed E-state index contributed by atoms with van der Waals surface area (Å²) in [7, 11) is 1.89. The van der Waals surface area contributed by atoms with Gasteiger partial charge >= 0.3 is 0 Å². The van der Waals surface area contributed by atoms with Gasteiger partial charge in [-0.25, -0.2) is 0 Å². The topological polar surface area (TPSA) is 88.9 Å². The first-order chi connectivity index (χ1) is 14.1. The first-order valence-corrected chi connectivity index (χ1v) is 10.6. The van der Waals surface area contributed by atoms with Gasteiger partial charge in [0.15, 0.2) is 5.16 Å². The fraction of sp³-hybridized carbons (Fsp3) is 0.100. The number of carbonyl (C=O) groups is 2. The molecule has 0 saturated heterocycles. The Morgan fingerprint density at radius 2 is 1.83 bits per heavy atom. The summed E-state index contributed by atoms with van der Waals surface area (Å²) in [6.07, 6.45) is 1.66. The van der Waals surface area contributed by atoms with E-state index in [1.165, 1.54) is 11.3 Å². The van der Waals surface area contributed by atoms with E-state index in [0.29, 0.717) is 11.1 Å². The van der Waals surface area contributed by atoms with Gasteiger partial charge in [-0.3, -0.25) is 20.4 Å². The van der Waals surface area contributed by atoms with Crippen LogP contribution in [0.2, 0.25) is 0 Å². The molecule has 2 N–H and O–H groups in total. The fourth-order valence-electron chi connectivity index (χ4n) is 2.71. The Hall–Kier alpha value is -3.17. The Labute approximate surface area is 175 Å². The van der Waals surface area contributed by atoms with Crippen LogP contribution in [0.5, 0.6) is 0 Å². The van der Waals surface area contributed by atoms with Crippen LogP contribution >= 0.6 is 23.1 Å². The van der Waals surface area contributed by atoms with Crippen molar-refractivity contribution in [2.45, 2.75) is 10.9 Å². The lowest BCUT2D eigenvalue weighted by Gasteiger charge is -2.08. The highest BCUT2D eigenvalue weighted by Gasteiger charge is 2.13. The number of aryl methyl sites for hydroxylation is 1. The summed E-state index contributed by atoms with van der Waals surface area (Å²) >= 11 is 3.06. The lowest BCUT2D eigenvalue weighted by Crippen LogP contribution is -2.41. The van der Waals surface area contributed by atoms with Gasteiger partial charge < -0.3 is 4.57 Å². The zero-order chi connectivity index (χ0) is 20.2. The van der Waals surface area contributed by atoms with Crippen LogP contribution in [0.1, 0.15) is 26.3 Å². The zero-order valence-corrected chi connectivity index (χ0v) is 17.1. The first-order valence-electron chi connectivity index (χ1n) is 8.74. The summed E-state index contributed by atoms with van der Waals surface area (Å²) in [6.45, 7) is 0. The van der Waals surface area contributed by atoms with Gasteiger partial charge in [-0.1, -0.05) is 42.1 Å². The number of hydrazine groups is 1. The maximum atomic E-state index is 12.4. The average Bonchev–Trinajstić information content (AvgIpc) is 3.36. The molecule has 2 aromatic heterocycles. The van der Waals surface area contributed by atoms with Gasteiger partial charge in [0, 0.05) is 33.8 Å². The molecular weight excluding hydrogens is 406 g/mol. The number of carbonyl (C=O) groups excluding carboxylic acids is 2. The fourth-order valence-corrected chi connectivity index (χ4v) is 4.49. The molecular formula is C20H17N5O2S2. The van der Waals surface area contributed by atoms with Gasteiger partial charge in [0.05, 0.1) is 5.56 Å². The highest BCUT2D eigenvalue weighted by atomic mass is 32.2. The summed E-state index contributed by atoms with van der Waals surface area (Å²) < 4.78 is 2.88. The second-order valence-corrected chi connectivity index (χ2v) is 8.12. The van der Waals surface area contributed by atoms with Crippen LogP contribution in [0.25, 0.3) is 10.1 Å². The molecule has 9 heteroatoms. The van der Waals surface area contributed by atoms with Crippen LogP contribution in [0.4, 0.5) is 0 Å². The van der Waals surface area contributed by atoms with Crippen molar-refractivity contribution in [3.05, 3.63) is 76.9 Å². The lowest BCUT2D eigenvalue weighted by atomic mass is 10.1. The molecule has 0 radical (unpaired) electrons. The summed E-state index contributed by atoms with van der Waals surface area (Å²) in [6, 6.07) is 14.9. The Morgan fingerprint density at radius 3 is 2.59 bits per heavy atom. The highest BCUT2D eigenvalue weighted by Crippen LogP contribution is 2.25. The standard InChI is InChI=1S/C20H17N5O2S2/c1-25-12-21-24-20(25)29-10-13-6-8-14(9-7-13)18(26)22-23-19(27)16-11-28-17-5-3-2-4-15(16)17/h2-9,11-12H,10H2,1H3,(H,22,26)(H,23,27). The van der Waals surface area contributed by atoms with Gasteiger partial charge in [0.25, 0.3) is 11.8 Å². The van der Waals surface area contributed by atoms with E-state index in [9.17, 15) is 9.59 Å². The molecule has 2 amide bonds. The third-order valence-electron chi connectivity index (χ3n) is 4.27. The highest BCUT2D eigenvalue weighted by molar-refractivity contribution is 7.98. The van der Waals surface area contributed by atoms with E-state index >= 15 is 0 Å². The number of hydrogen-bond donors (Lipinski definition) is 2. The van der Waals surface area contributed by atoms with Gasteiger partial charge in [-0.2, -0.15) is 0 Å². The summed E-state index contributed by atoms with van der Waals surface area (Å²) in [4.78, 5) is 24.7. The van der Waals surface area contributed by atoms with Crippen molar-refractivity contribution in [2.75, 3.05) is 0 Å². The molecule has 2 heterocycles. The third kappa shape index (κ3) is 4.30. The predicted molar refractivity (Wildman–Crippen MR) is 114 cm³/mol. The predicted octanol–water partition coefficient (Wildman–Crippen LogP) is 3.40. The smallest absolute Gasteiger partial charge is 0.271 e. The average molecular weight is 424 g/mol. The molecule has 0 bridgehead atoms. The molecule has 0 unspecified atom stereocenters. The molecule has 0 aliphatic heterocycles. The molecule has 0 spiro atoms. The first kappa shape index (κ1) is 19.2. The molecule has 29 heavy (non-hydrogen) atoms. The number of amides is 2.